The lowest BCUT2D eigenvalue weighted by atomic mass is 9.84. The second-order valence-electron chi connectivity index (χ2n) is 17.3. The van der Waals surface area contributed by atoms with Crippen molar-refractivity contribution in [1.29, 1.82) is 5.41 Å². The van der Waals surface area contributed by atoms with E-state index >= 15 is 0 Å². The number of aryl methyl sites for hydroxylation is 1. The fraction of sp³-hybridized carbons (Fsp3) is 0.378. The van der Waals surface area contributed by atoms with Crippen molar-refractivity contribution in [1.82, 2.24) is 25.6 Å². The van der Waals surface area contributed by atoms with Crippen LogP contribution in [0.15, 0.2) is 90.1 Å². The summed E-state index contributed by atoms with van der Waals surface area (Å²) in [7, 11) is -5.13. The predicted octanol–water partition coefficient (Wildman–Crippen LogP) is 5.20. The highest BCUT2D eigenvalue weighted by atomic mass is 32.3. The van der Waals surface area contributed by atoms with Gasteiger partial charge in [-0.3, -0.25) is 24.9 Å². The lowest BCUT2D eigenvalue weighted by molar-refractivity contribution is -0.218. The average Bonchev–Trinajstić information content (AvgIpc) is 3.65. The quantitative estimate of drug-likeness (QED) is 0.0198. The van der Waals surface area contributed by atoms with Gasteiger partial charge in [0, 0.05) is 29.6 Å². The van der Waals surface area contributed by atoms with Gasteiger partial charge in [0.1, 0.15) is 35.5 Å². The fourth-order valence-corrected chi connectivity index (χ4v) is 8.41. The number of amidine groups is 1. The number of carbonyl (C=O) groups is 5. The number of carbonyl (C=O) groups excluding carboxylic acids is 4. The summed E-state index contributed by atoms with van der Waals surface area (Å²) >= 11 is 0.935. The van der Waals surface area contributed by atoms with Crippen molar-refractivity contribution in [3.8, 4) is 5.75 Å². The van der Waals surface area contributed by atoms with Gasteiger partial charge in [0.05, 0.1) is 5.54 Å². The Morgan fingerprint density at radius 3 is 2.17 bits per heavy atom. The number of aromatic nitrogens is 1. The molecular formula is C45H52N8O14S2. The number of piperidine rings is 1. The van der Waals surface area contributed by atoms with Crippen molar-refractivity contribution in [2.45, 2.75) is 89.8 Å². The number of benzene rings is 3. The van der Waals surface area contributed by atoms with Crippen LogP contribution in [0.4, 0.5) is 14.7 Å². The summed E-state index contributed by atoms with van der Waals surface area (Å²) in [6.07, 6.45) is -3.23. The molecule has 3 aromatic carbocycles. The van der Waals surface area contributed by atoms with E-state index in [0.717, 1.165) is 11.3 Å². The number of anilines is 1. The molecule has 0 saturated carbocycles. The number of likely N-dealkylation sites (tertiary alicyclic amines) is 1. The number of nitrogens with one attached hydrogen (secondary N) is 4. The molecule has 24 heteroatoms. The van der Waals surface area contributed by atoms with Gasteiger partial charge < -0.3 is 39.7 Å². The van der Waals surface area contributed by atoms with Gasteiger partial charge in [0.25, 0.3) is 17.9 Å². The molecule has 3 unspecified atom stereocenters. The molecular weight excluding hydrogens is 941 g/mol. The minimum absolute atomic E-state index is 0.0226. The van der Waals surface area contributed by atoms with Crippen molar-refractivity contribution in [2.24, 2.45) is 5.16 Å². The molecule has 6 rings (SSSR count). The van der Waals surface area contributed by atoms with Crippen LogP contribution in [0.1, 0.15) is 80.8 Å². The van der Waals surface area contributed by atoms with Crippen LogP contribution in [0, 0.1) is 12.3 Å². The van der Waals surface area contributed by atoms with Gasteiger partial charge in [-0.2, -0.15) is 13.5 Å². The summed E-state index contributed by atoms with van der Waals surface area (Å²) in [6.45, 7) is 9.31. The Bertz CT molecular complexity index is 2640. The van der Waals surface area contributed by atoms with Gasteiger partial charge in [-0.25, -0.2) is 19.4 Å². The number of hydroxylamine groups is 2. The molecule has 22 nitrogen and oxygen atoms in total. The Balaban J connectivity index is 1.31. The second-order valence-corrected chi connectivity index (χ2v) is 19.5. The van der Waals surface area contributed by atoms with Gasteiger partial charge in [0.15, 0.2) is 16.9 Å². The first-order valence-corrected chi connectivity index (χ1v) is 23.6. The number of hydrogen-bond donors (Lipinski definition) is 6. The van der Waals surface area contributed by atoms with Crippen molar-refractivity contribution in [2.75, 3.05) is 25.0 Å². The molecule has 3 atom stereocenters. The molecule has 69 heavy (non-hydrogen) atoms. The monoisotopic (exact) mass is 992 g/mol. The maximum Gasteiger partial charge on any atom is 0.418 e. The largest absolute Gasteiger partial charge is 0.489 e. The van der Waals surface area contributed by atoms with Crippen LogP contribution >= 0.6 is 11.3 Å². The second kappa shape index (κ2) is 21.4. The van der Waals surface area contributed by atoms with Crippen LogP contribution < -0.4 is 20.7 Å². The lowest BCUT2D eigenvalue weighted by Crippen LogP contribution is -2.76. The summed E-state index contributed by atoms with van der Waals surface area (Å²) in [4.78, 5) is 77.8. The van der Waals surface area contributed by atoms with E-state index in [2.05, 4.69) is 30.4 Å². The SMILES string of the molecule is Cc1sc(NC(=O)OC(C)(C)C)nc1C(=NOC(COc1ccc(C(=N)NC2CCCN(C(=O)O)C2)cc1)C(=O)OC(c1ccccc1)c1ccccc1)C(=O)NC1C(=O)N(OS(=O)(=O)O)C1(C)C. The van der Waals surface area contributed by atoms with E-state index in [0.29, 0.717) is 46.0 Å². The van der Waals surface area contributed by atoms with Crippen LogP contribution in [-0.4, -0.2) is 124 Å². The summed E-state index contributed by atoms with van der Waals surface area (Å²) in [5.41, 5.74) is -1.48. The molecule has 1 aromatic heterocycles. The minimum atomic E-state index is -5.13. The number of nitrogens with zero attached hydrogens (tertiary/aromatic N) is 4. The normalized spacial score (nSPS) is 17.5. The third-order valence-corrected chi connectivity index (χ3v) is 11.7. The van der Waals surface area contributed by atoms with Crippen LogP contribution in [-0.2, 0) is 43.4 Å². The zero-order valence-electron chi connectivity index (χ0n) is 38.3. The number of esters is 1. The van der Waals surface area contributed by atoms with Gasteiger partial charge in [0.2, 0.25) is 0 Å². The number of oxime groups is 1. The van der Waals surface area contributed by atoms with Crippen LogP contribution in [0.3, 0.4) is 0 Å². The van der Waals surface area contributed by atoms with Crippen molar-refractivity contribution in [3.63, 3.8) is 0 Å². The van der Waals surface area contributed by atoms with Crippen molar-refractivity contribution in [3.05, 3.63) is 112 Å². The Kier molecular flexibility index (Phi) is 15.9. The van der Waals surface area contributed by atoms with E-state index in [4.69, 9.17) is 24.5 Å². The minimum Gasteiger partial charge on any atom is -0.489 e. The smallest absolute Gasteiger partial charge is 0.418 e. The number of ether oxygens (including phenoxy) is 3. The highest BCUT2D eigenvalue weighted by Crippen LogP contribution is 2.34. The fourth-order valence-electron chi connectivity index (χ4n) is 7.15. The molecule has 2 aliphatic heterocycles. The van der Waals surface area contributed by atoms with E-state index in [1.807, 2.05) is 0 Å². The van der Waals surface area contributed by atoms with Gasteiger partial charge in [-0.05, 0) is 89.8 Å². The van der Waals surface area contributed by atoms with Crippen molar-refractivity contribution < 1.29 is 65.4 Å². The van der Waals surface area contributed by atoms with Crippen LogP contribution in [0.5, 0.6) is 5.75 Å². The maximum absolute atomic E-state index is 14.4. The third-order valence-electron chi connectivity index (χ3n) is 10.5. The first-order chi connectivity index (χ1) is 32.5. The Morgan fingerprint density at radius 1 is 0.986 bits per heavy atom. The van der Waals surface area contributed by atoms with E-state index in [9.17, 15) is 42.0 Å². The average molecular weight is 993 g/mol. The van der Waals surface area contributed by atoms with Crippen molar-refractivity contribution >= 4 is 68.4 Å². The van der Waals surface area contributed by atoms with Crippen LogP contribution in [0.25, 0.3) is 0 Å². The summed E-state index contributed by atoms with van der Waals surface area (Å²) in [5, 5.41) is 30.6. The molecule has 3 heterocycles. The number of β-lactam (4-membered cyclic amide) rings is 1. The van der Waals surface area contributed by atoms with E-state index in [1.165, 1.54) is 18.7 Å². The Hall–Kier alpha value is -7.15. The first-order valence-electron chi connectivity index (χ1n) is 21.4. The molecule has 4 amide bonds. The molecule has 2 aliphatic rings. The highest BCUT2D eigenvalue weighted by Gasteiger charge is 2.58. The Morgan fingerprint density at radius 2 is 1.61 bits per heavy atom. The Labute approximate surface area is 401 Å². The lowest BCUT2D eigenvalue weighted by Gasteiger charge is -2.50. The first kappa shape index (κ1) is 51.2. The zero-order valence-corrected chi connectivity index (χ0v) is 40.0. The number of amides is 4. The number of thiazole rings is 1. The number of rotatable bonds is 17. The third kappa shape index (κ3) is 13.5. The van der Waals surface area contributed by atoms with Gasteiger partial charge in [-0.15, -0.1) is 15.6 Å². The molecule has 0 aliphatic carbocycles. The molecule has 0 radical (unpaired) electrons. The molecule has 2 fully saturated rings. The van der Waals surface area contributed by atoms with Gasteiger partial charge >= 0.3 is 28.6 Å². The van der Waals surface area contributed by atoms with Crippen LogP contribution in [0.2, 0.25) is 0 Å². The molecule has 2 saturated heterocycles. The summed E-state index contributed by atoms with van der Waals surface area (Å²) in [5.74, 6) is -2.85. The predicted molar refractivity (Wildman–Crippen MR) is 249 cm³/mol. The van der Waals surface area contributed by atoms with E-state index in [1.54, 1.807) is 113 Å². The molecule has 4 aromatic rings. The standard InChI is InChI=1S/C45H52N8O14S2/c1-26-33(48-41(68-26)50-42(57)65-44(2,3)4)34(38(54)49-36-39(55)53(45(36,5)6)67-69(60,61)62)51-66-32(40(56)64-35(27-14-9-7-10-15-27)28-16-11-8-12-17-28)25-63-31-21-19-29(20-22-31)37(46)47-30-18-13-23-52(24-30)43(58)59/h7-12,14-17,19-22,30,32,35-36H,13,18,23-25H2,1-6H3,(H2,46,47)(H,49,54)(H,58,59)(H,48,50,57)(H,60,61,62). The van der Waals surface area contributed by atoms with E-state index in [-0.39, 0.29) is 35.0 Å². The maximum atomic E-state index is 14.4. The molecule has 368 valence electrons. The highest BCUT2D eigenvalue weighted by molar-refractivity contribution is 7.80. The number of hydrogen-bond acceptors (Lipinski definition) is 16. The topological polar surface area (TPSA) is 298 Å². The molecule has 0 bridgehead atoms. The van der Waals surface area contributed by atoms with E-state index < -0.39 is 82.1 Å². The van der Waals surface area contributed by atoms with Gasteiger partial charge in [-0.1, -0.05) is 65.8 Å². The summed E-state index contributed by atoms with van der Waals surface area (Å²) in [6, 6.07) is 22.3. The molecule has 6 N–H and O–H groups in total. The zero-order chi connectivity index (χ0) is 50.3. The molecule has 0 spiro atoms. The number of carboxylic acid groups (broad SMARTS) is 1. The summed E-state index contributed by atoms with van der Waals surface area (Å²) < 4.78 is 54.1.